The molecule has 4 rings (SSSR count). The van der Waals surface area contributed by atoms with Gasteiger partial charge in [0.25, 0.3) is 0 Å². The topological polar surface area (TPSA) is 72.8 Å². The zero-order chi connectivity index (χ0) is 21.3. The zero-order valence-corrected chi connectivity index (χ0v) is 18.3. The van der Waals surface area contributed by atoms with Crippen LogP contribution in [0.2, 0.25) is 0 Å². The molecule has 0 aliphatic rings. The summed E-state index contributed by atoms with van der Waals surface area (Å²) < 4.78 is 7.84. The van der Waals surface area contributed by atoms with E-state index in [0.717, 1.165) is 44.3 Å². The molecule has 0 bridgehead atoms. The van der Waals surface area contributed by atoms with Crippen molar-refractivity contribution in [2.45, 2.75) is 38.3 Å². The minimum absolute atomic E-state index is 0.0876. The first-order valence-corrected chi connectivity index (χ1v) is 10.7. The maximum absolute atomic E-state index is 12.2. The molecule has 0 saturated heterocycles. The van der Waals surface area contributed by atoms with E-state index < -0.39 is 0 Å². The number of nitrogens with zero attached hydrogens (tertiary/aromatic N) is 3. The second kappa shape index (κ2) is 8.36. The molecule has 7 heteroatoms. The van der Waals surface area contributed by atoms with Crippen LogP contribution in [-0.4, -0.2) is 19.7 Å². The second-order valence-electron chi connectivity index (χ2n) is 7.46. The molecule has 0 radical (unpaired) electrons. The Labute approximate surface area is 179 Å². The van der Waals surface area contributed by atoms with Gasteiger partial charge in [-0.3, -0.25) is 4.79 Å². The molecule has 0 aliphatic carbocycles. The lowest BCUT2D eigenvalue weighted by Gasteiger charge is -2.10. The van der Waals surface area contributed by atoms with E-state index in [2.05, 4.69) is 34.2 Å². The largest absolute Gasteiger partial charge is 0.485 e. The number of thioether (sulfide) groups is 1. The molecule has 1 N–H and O–H groups in total. The first-order chi connectivity index (χ1) is 14.4. The van der Waals surface area contributed by atoms with Gasteiger partial charge in [-0.25, -0.2) is 0 Å². The number of rotatable bonds is 6. The van der Waals surface area contributed by atoms with Crippen molar-refractivity contribution >= 4 is 22.7 Å². The van der Waals surface area contributed by atoms with Crippen molar-refractivity contribution in [1.29, 1.82) is 0 Å². The average Bonchev–Trinajstić information content (AvgIpc) is 3.06. The number of ether oxygens (including phenoxy) is 1. The predicted octanol–water partition coefficient (Wildman–Crippen LogP) is 4.45. The number of hydrogen-bond donors (Lipinski definition) is 1. The number of fused-ring (bicyclic) bond motifs is 1. The van der Waals surface area contributed by atoms with E-state index in [0.29, 0.717) is 12.4 Å². The van der Waals surface area contributed by atoms with E-state index in [4.69, 9.17) is 4.74 Å². The van der Waals surface area contributed by atoms with Crippen LogP contribution in [0.1, 0.15) is 28.1 Å². The normalized spacial score (nSPS) is 11.2. The number of aryl methyl sites for hydroxylation is 3. The summed E-state index contributed by atoms with van der Waals surface area (Å²) in [4.78, 5) is 15.1. The number of aromatic nitrogens is 4. The van der Waals surface area contributed by atoms with Crippen molar-refractivity contribution in [3.63, 3.8) is 0 Å². The molecule has 0 fully saturated rings. The van der Waals surface area contributed by atoms with E-state index in [1.165, 1.54) is 5.56 Å². The van der Waals surface area contributed by atoms with Crippen molar-refractivity contribution in [3.8, 4) is 5.75 Å². The highest BCUT2D eigenvalue weighted by molar-refractivity contribution is 7.98. The molecule has 2 heterocycles. The van der Waals surface area contributed by atoms with Crippen LogP contribution in [0.5, 0.6) is 5.75 Å². The molecule has 0 atom stereocenters. The van der Waals surface area contributed by atoms with Gasteiger partial charge in [-0.05, 0) is 49.6 Å². The van der Waals surface area contributed by atoms with Crippen LogP contribution < -0.4 is 10.3 Å². The number of para-hydroxylation sites is 1. The Morgan fingerprint density at radius 3 is 2.67 bits per heavy atom. The number of hydrogen-bond acceptors (Lipinski definition) is 5. The van der Waals surface area contributed by atoms with Crippen LogP contribution >= 0.6 is 11.8 Å². The fourth-order valence-electron chi connectivity index (χ4n) is 3.50. The number of nitrogens with one attached hydrogen (secondary N) is 1. The molecular weight excluding hydrogens is 396 g/mol. The third-order valence-corrected chi connectivity index (χ3v) is 6.18. The summed E-state index contributed by atoms with van der Waals surface area (Å²) in [7, 11) is 1.93. The smallest absolute Gasteiger partial charge is 0.248 e. The third kappa shape index (κ3) is 4.11. The highest BCUT2D eigenvalue weighted by Gasteiger charge is 2.13. The van der Waals surface area contributed by atoms with Crippen molar-refractivity contribution in [1.82, 2.24) is 19.7 Å². The summed E-state index contributed by atoms with van der Waals surface area (Å²) in [6.45, 7) is 6.45. The van der Waals surface area contributed by atoms with E-state index in [1.807, 2.05) is 49.7 Å². The molecule has 0 unspecified atom stereocenters. The molecule has 6 nitrogen and oxygen atoms in total. The summed E-state index contributed by atoms with van der Waals surface area (Å²) in [6.07, 6.45) is 0. The fraction of sp³-hybridized carbons (Fsp3) is 0.261. The maximum Gasteiger partial charge on any atom is 0.248 e. The van der Waals surface area contributed by atoms with Crippen LogP contribution in [0, 0.1) is 20.8 Å². The van der Waals surface area contributed by atoms with Gasteiger partial charge in [0.05, 0.1) is 5.52 Å². The van der Waals surface area contributed by atoms with Crippen molar-refractivity contribution < 1.29 is 4.74 Å². The number of aromatic amines is 1. The summed E-state index contributed by atoms with van der Waals surface area (Å²) in [6, 6.07) is 13.8. The Balaban J connectivity index is 1.53. The lowest BCUT2D eigenvalue weighted by atomic mass is 10.0. The number of H-pyrrole nitrogens is 1. The zero-order valence-electron chi connectivity index (χ0n) is 17.5. The Morgan fingerprint density at radius 2 is 1.87 bits per heavy atom. The predicted molar refractivity (Wildman–Crippen MR) is 120 cm³/mol. The molecule has 2 aromatic heterocycles. The fourth-order valence-corrected chi connectivity index (χ4v) is 4.42. The van der Waals surface area contributed by atoms with Crippen molar-refractivity contribution in [2.24, 2.45) is 7.05 Å². The van der Waals surface area contributed by atoms with Crippen LogP contribution in [-0.2, 0) is 19.4 Å². The van der Waals surface area contributed by atoms with Gasteiger partial charge in [0, 0.05) is 24.3 Å². The lowest BCUT2D eigenvalue weighted by molar-refractivity contribution is 0.288. The van der Waals surface area contributed by atoms with Gasteiger partial charge >= 0.3 is 0 Å². The standard InChI is InChI=1S/C23H24N4O2S/c1-14-9-16(3)22-18(10-14)17(11-21(28)24-22)13-30-23-26-25-20(27(23)4)12-29-19-8-6-5-7-15(19)2/h5-11H,12-13H2,1-4H3,(H,24,28). The molecule has 0 aliphatic heterocycles. The minimum Gasteiger partial charge on any atom is -0.485 e. The monoisotopic (exact) mass is 420 g/mol. The summed E-state index contributed by atoms with van der Waals surface area (Å²) in [5, 5.41) is 10.5. The van der Waals surface area contributed by atoms with Gasteiger partial charge in [-0.1, -0.05) is 41.6 Å². The molecule has 154 valence electrons. The minimum atomic E-state index is -0.0876. The maximum atomic E-state index is 12.2. The van der Waals surface area contributed by atoms with Gasteiger partial charge in [0.1, 0.15) is 12.4 Å². The Morgan fingerprint density at radius 1 is 1.07 bits per heavy atom. The Bertz CT molecular complexity index is 1280. The van der Waals surface area contributed by atoms with E-state index in [1.54, 1.807) is 17.8 Å². The SMILES string of the molecule is Cc1cc(C)c2[nH]c(=O)cc(CSc3nnc(COc4ccccc4C)n3C)c2c1. The quantitative estimate of drug-likeness (QED) is 0.467. The van der Waals surface area contributed by atoms with E-state index in [9.17, 15) is 4.79 Å². The molecular formula is C23H24N4O2S. The molecule has 4 aromatic rings. The number of pyridine rings is 1. The van der Waals surface area contributed by atoms with E-state index >= 15 is 0 Å². The highest BCUT2D eigenvalue weighted by atomic mass is 32.2. The van der Waals surface area contributed by atoms with Crippen LogP contribution in [0.3, 0.4) is 0 Å². The third-order valence-electron chi connectivity index (χ3n) is 5.11. The second-order valence-corrected chi connectivity index (χ2v) is 8.41. The van der Waals surface area contributed by atoms with E-state index in [-0.39, 0.29) is 5.56 Å². The molecule has 0 saturated carbocycles. The Kier molecular flexibility index (Phi) is 5.63. The molecule has 0 amide bonds. The van der Waals surface area contributed by atoms with Crippen molar-refractivity contribution in [3.05, 3.63) is 80.9 Å². The van der Waals surface area contributed by atoms with Gasteiger partial charge in [0.15, 0.2) is 11.0 Å². The highest BCUT2D eigenvalue weighted by Crippen LogP contribution is 2.27. The van der Waals surface area contributed by atoms with Crippen LogP contribution in [0.4, 0.5) is 0 Å². The van der Waals surface area contributed by atoms with Gasteiger partial charge < -0.3 is 14.3 Å². The molecule has 30 heavy (non-hydrogen) atoms. The Hall–Kier alpha value is -3.06. The average molecular weight is 421 g/mol. The van der Waals surface area contributed by atoms with Gasteiger partial charge in [-0.2, -0.15) is 0 Å². The first-order valence-electron chi connectivity index (χ1n) is 9.75. The van der Waals surface area contributed by atoms with Gasteiger partial charge in [-0.15, -0.1) is 10.2 Å². The lowest BCUT2D eigenvalue weighted by Crippen LogP contribution is -2.08. The van der Waals surface area contributed by atoms with Crippen LogP contribution in [0.15, 0.2) is 52.4 Å². The summed E-state index contributed by atoms with van der Waals surface area (Å²) >= 11 is 1.56. The van der Waals surface area contributed by atoms with Crippen LogP contribution in [0.25, 0.3) is 10.9 Å². The summed E-state index contributed by atoms with van der Waals surface area (Å²) in [5.74, 6) is 2.23. The molecule has 0 spiro atoms. The number of benzene rings is 2. The first kappa shape index (κ1) is 20.2. The van der Waals surface area contributed by atoms with Crippen molar-refractivity contribution in [2.75, 3.05) is 0 Å². The summed E-state index contributed by atoms with van der Waals surface area (Å²) in [5.41, 5.74) is 5.13. The molecule has 2 aromatic carbocycles. The van der Waals surface area contributed by atoms with Gasteiger partial charge in [0.2, 0.25) is 5.56 Å².